The van der Waals surface area contributed by atoms with Crippen LogP contribution in [0.3, 0.4) is 0 Å². The summed E-state index contributed by atoms with van der Waals surface area (Å²) in [5.74, 6) is -0.732. The number of hydroxylamine groups is 3. The molecule has 42 heavy (non-hydrogen) atoms. The molecule has 1 unspecified atom stereocenters. The highest BCUT2D eigenvalue weighted by atomic mass is 35.5. The number of hydrogen-bond donors (Lipinski definition) is 1. The van der Waals surface area contributed by atoms with Gasteiger partial charge in [0.2, 0.25) is 5.91 Å². The number of esters is 1. The molecule has 0 spiro atoms. The molecule has 5 rings (SSSR count). The van der Waals surface area contributed by atoms with Gasteiger partial charge in [-0.2, -0.15) is 0 Å². The zero-order valence-electron chi connectivity index (χ0n) is 23.4. The number of ether oxygens (including phenoxy) is 1. The smallest absolute Gasteiger partial charge is 0.338 e. The van der Waals surface area contributed by atoms with Gasteiger partial charge in [-0.15, -0.1) is 10.2 Å². The Hall–Kier alpha value is -4.29. The number of aromatic nitrogens is 3. The lowest BCUT2D eigenvalue weighted by Gasteiger charge is -2.38. The fourth-order valence-corrected chi connectivity index (χ4v) is 4.45. The predicted molar refractivity (Wildman–Crippen MR) is 157 cm³/mol. The van der Waals surface area contributed by atoms with Crippen LogP contribution < -0.4 is 10.4 Å². The van der Waals surface area contributed by atoms with Gasteiger partial charge in [0.05, 0.1) is 29.3 Å². The van der Waals surface area contributed by atoms with Crippen molar-refractivity contribution in [3.05, 3.63) is 101 Å². The van der Waals surface area contributed by atoms with Crippen molar-refractivity contribution in [1.29, 1.82) is 0 Å². The lowest BCUT2D eigenvalue weighted by Crippen LogP contribution is -2.52. The molecular weight excluding hydrogens is 560 g/mol. The second-order valence-electron chi connectivity index (χ2n) is 10.6. The Morgan fingerprint density at radius 2 is 1.76 bits per heavy atom. The summed E-state index contributed by atoms with van der Waals surface area (Å²) >= 11 is 6.28. The van der Waals surface area contributed by atoms with E-state index in [9.17, 15) is 9.59 Å². The molecule has 0 saturated carbocycles. The van der Waals surface area contributed by atoms with E-state index in [1.807, 2.05) is 57.2 Å². The van der Waals surface area contributed by atoms with Crippen molar-refractivity contribution in [3.63, 3.8) is 0 Å². The van der Waals surface area contributed by atoms with Crippen molar-refractivity contribution in [2.24, 2.45) is 0 Å². The van der Waals surface area contributed by atoms with Crippen LogP contribution in [-0.4, -0.2) is 57.0 Å². The van der Waals surface area contributed by atoms with E-state index >= 15 is 0 Å². The molecule has 1 N–H and O–H groups in total. The molecule has 1 fully saturated rings. The quantitative estimate of drug-likeness (QED) is 0.283. The molecule has 1 atom stereocenters. The first-order chi connectivity index (χ1) is 20.2. The summed E-state index contributed by atoms with van der Waals surface area (Å²) in [6.07, 6.45) is 3.66. The molecule has 12 heteroatoms. The van der Waals surface area contributed by atoms with Crippen LogP contribution in [0.15, 0.2) is 85.2 Å². The Morgan fingerprint density at radius 1 is 1.00 bits per heavy atom. The Labute approximate surface area is 248 Å². The maximum Gasteiger partial charge on any atom is 0.338 e. The minimum atomic E-state index is -0.728. The minimum absolute atomic E-state index is 0.00874. The molecule has 4 aromatic rings. The van der Waals surface area contributed by atoms with Gasteiger partial charge in [0, 0.05) is 10.7 Å². The lowest BCUT2D eigenvalue weighted by molar-refractivity contribution is -0.279. The molecule has 1 saturated heterocycles. The standard InChI is InChI=1S/C30H31ClN6O5/c1-30(2,3)42-29(39)22-9-12-24(13-10-22)33-28(38)27(17-21-7-5-4-6-8-21)37-20-40-36(19-41-37)26-18-23(31)11-14-25(26)35-16-15-32-34-35/h4-16,18,27H,17,19-20H2,1-3H3,(H,33,38). The molecular formula is C30H31ClN6O5. The summed E-state index contributed by atoms with van der Waals surface area (Å²) in [6.45, 7) is 5.38. The second-order valence-corrected chi connectivity index (χ2v) is 11.0. The maximum absolute atomic E-state index is 13.6. The van der Waals surface area contributed by atoms with Crippen LogP contribution in [0.25, 0.3) is 5.69 Å². The van der Waals surface area contributed by atoms with E-state index < -0.39 is 17.6 Å². The summed E-state index contributed by atoms with van der Waals surface area (Å²) in [7, 11) is 0. The van der Waals surface area contributed by atoms with Crippen LogP contribution in [0.2, 0.25) is 5.02 Å². The largest absolute Gasteiger partial charge is 0.456 e. The fraction of sp³-hybridized carbons (Fsp3) is 0.267. The molecule has 1 aliphatic rings. The third-order valence-electron chi connectivity index (χ3n) is 6.27. The van der Waals surface area contributed by atoms with Crippen molar-refractivity contribution < 1.29 is 24.0 Å². The normalized spacial score (nSPS) is 14.8. The number of benzene rings is 3. The van der Waals surface area contributed by atoms with Gasteiger partial charge in [-0.05, 0) is 75.2 Å². The van der Waals surface area contributed by atoms with Gasteiger partial charge in [0.15, 0.2) is 13.5 Å². The molecule has 1 amide bonds. The Morgan fingerprint density at radius 3 is 2.40 bits per heavy atom. The zero-order valence-corrected chi connectivity index (χ0v) is 24.2. The molecule has 3 aromatic carbocycles. The molecule has 1 aromatic heterocycles. The number of rotatable bonds is 8. The van der Waals surface area contributed by atoms with Crippen LogP contribution in [0.4, 0.5) is 11.4 Å². The van der Waals surface area contributed by atoms with Crippen LogP contribution in [0.5, 0.6) is 0 Å². The molecule has 0 radical (unpaired) electrons. The Bertz CT molecular complexity index is 1500. The van der Waals surface area contributed by atoms with E-state index in [1.54, 1.807) is 58.5 Å². The predicted octanol–water partition coefficient (Wildman–Crippen LogP) is 5.03. The van der Waals surface area contributed by atoms with Crippen LogP contribution in [0.1, 0.15) is 36.7 Å². The summed E-state index contributed by atoms with van der Waals surface area (Å²) in [5.41, 5.74) is 2.59. The second kappa shape index (κ2) is 12.7. The van der Waals surface area contributed by atoms with E-state index in [4.69, 9.17) is 26.0 Å². The highest BCUT2D eigenvalue weighted by molar-refractivity contribution is 6.31. The third kappa shape index (κ3) is 7.31. The lowest BCUT2D eigenvalue weighted by atomic mass is 10.0. The van der Waals surface area contributed by atoms with Crippen LogP contribution in [0, 0.1) is 0 Å². The number of amides is 1. The van der Waals surface area contributed by atoms with Gasteiger partial charge in [-0.3, -0.25) is 14.5 Å². The maximum atomic E-state index is 13.6. The Kier molecular flexibility index (Phi) is 8.83. The first kappa shape index (κ1) is 29.2. The third-order valence-corrected chi connectivity index (χ3v) is 6.50. The first-order valence-corrected chi connectivity index (χ1v) is 13.7. The molecule has 11 nitrogen and oxygen atoms in total. The monoisotopic (exact) mass is 590 g/mol. The van der Waals surface area contributed by atoms with Crippen molar-refractivity contribution in [2.45, 2.75) is 38.8 Å². The summed E-state index contributed by atoms with van der Waals surface area (Å²) in [4.78, 5) is 38.1. The number of carbonyl (C=O) groups is 2. The Balaban J connectivity index is 1.30. The fourth-order valence-electron chi connectivity index (χ4n) is 4.29. The van der Waals surface area contributed by atoms with Crippen LogP contribution >= 0.6 is 11.6 Å². The van der Waals surface area contributed by atoms with Gasteiger partial charge >= 0.3 is 5.97 Å². The van der Waals surface area contributed by atoms with Crippen LogP contribution in [-0.2, 0) is 25.6 Å². The van der Waals surface area contributed by atoms with E-state index in [0.717, 1.165) is 5.56 Å². The highest BCUT2D eigenvalue weighted by Crippen LogP contribution is 2.30. The van der Waals surface area contributed by atoms with Crippen molar-refractivity contribution in [1.82, 2.24) is 20.1 Å². The number of nitrogens with zero attached hydrogens (tertiary/aromatic N) is 5. The van der Waals surface area contributed by atoms with Gasteiger partial charge in [-0.1, -0.05) is 47.1 Å². The van der Waals surface area contributed by atoms with E-state index in [1.165, 1.54) is 5.06 Å². The topological polar surface area (TPSA) is 111 Å². The van der Waals surface area contributed by atoms with Gasteiger partial charge in [0.1, 0.15) is 11.6 Å². The number of nitrogens with one attached hydrogen (secondary N) is 1. The average molecular weight is 591 g/mol. The molecule has 0 aliphatic carbocycles. The first-order valence-electron chi connectivity index (χ1n) is 13.3. The molecule has 0 bridgehead atoms. The number of halogens is 1. The van der Waals surface area contributed by atoms with Gasteiger partial charge in [-0.25, -0.2) is 14.5 Å². The van der Waals surface area contributed by atoms with Crippen molar-refractivity contribution in [3.8, 4) is 5.69 Å². The summed E-state index contributed by atoms with van der Waals surface area (Å²) < 4.78 is 7.02. The molecule has 218 valence electrons. The average Bonchev–Trinajstić information content (AvgIpc) is 3.51. The van der Waals surface area contributed by atoms with Crippen molar-refractivity contribution >= 4 is 34.9 Å². The molecule has 2 heterocycles. The number of anilines is 2. The highest BCUT2D eigenvalue weighted by Gasteiger charge is 2.32. The zero-order chi connectivity index (χ0) is 29.7. The van der Waals surface area contributed by atoms with E-state index in [-0.39, 0.29) is 19.4 Å². The minimum Gasteiger partial charge on any atom is -0.456 e. The molecule has 1 aliphatic heterocycles. The summed E-state index contributed by atoms with van der Waals surface area (Å²) in [5, 5.41) is 14.4. The SMILES string of the molecule is CC(C)(C)OC(=O)c1ccc(NC(=O)C(Cc2ccccc2)N2CON(c3cc(Cl)ccc3-n3ccnn3)CO2)cc1. The van der Waals surface area contributed by atoms with E-state index in [0.29, 0.717) is 34.1 Å². The van der Waals surface area contributed by atoms with E-state index in [2.05, 4.69) is 15.6 Å². The van der Waals surface area contributed by atoms with Gasteiger partial charge < -0.3 is 10.1 Å². The number of hydrogen-bond acceptors (Lipinski definition) is 9. The number of carbonyl (C=O) groups excluding carboxylic acids is 2. The summed E-state index contributed by atoms with van der Waals surface area (Å²) in [6, 6.07) is 20.8. The van der Waals surface area contributed by atoms with Gasteiger partial charge in [0.25, 0.3) is 0 Å². The van der Waals surface area contributed by atoms with Crippen molar-refractivity contribution in [2.75, 3.05) is 23.8 Å².